The van der Waals surface area contributed by atoms with Crippen molar-refractivity contribution >= 4 is 70.7 Å². The molecule has 0 nitrogen and oxygen atoms in total. The van der Waals surface area contributed by atoms with Crippen molar-refractivity contribution in [2.24, 2.45) is 0 Å². The number of hydrogen-bond acceptors (Lipinski definition) is 0. The molecule has 18 heavy (non-hydrogen) atoms. The Bertz CT molecular complexity index is 504. The molecule has 0 unspecified atom stereocenters. The van der Waals surface area contributed by atoms with E-state index in [9.17, 15) is 0 Å². The Hall–Kier alpha value is 0.708. The van der Waals surface area contributed by atoms with Gasteiger partial charge in [-0.1, -0.05) is 0 Å². The number of benzene rings is 2. The SMILES string of the molecule is Clc1cc[c]([Sb]([Cl])([Cl])([Cl])[c]2ccc(Cl)cc2)cc1. The van der Waals surface area contributed by atoms with Gasteiger partial charge >= 0.3 is 129 Å². The quantitative estimate of drug-likeness (QED) is 0.581. The zero-order valence-electron chi connectivity index (χ0n) is 8.96. The zero-order valence-corrected chi connectivity index (χ0v) is 15.3. The summed E-state index contributed by atoms with van der Waals surface area (Å²) in [6, 6.07) is 14.0. The second-order valence-electron chi connectivity index (χ2n) is 3.76. The van der Waals surface area contributed by atoms with E-state index in [1.54, 1.807) is 48.5 Å². The molecule has 0 radical (unpaired) electrons. The van der Waals surface area contributed by atoms with Crippen LogP contribution < -0.4 is 7.02 Å². The van der Waals surface area contributed by atoms with Gasteiger partial charge in [0.1, 0.15) is 0 Å². The van der Waals surface area contributed by atoms with E-state index < -0.39 is 14.0 Å². The molecular weight excluding hydrogens is 443 g/mol. The second kappa shape index (κ2) is 5.24. The molecule has 0 N–H and O–H groups in total. The molecule has 2 aromatic rings. The first kappa shape index (κ1) is 15.1. The third-order valence-electron chi connectivity index (χ3n) is 2.50. The molecule has 0 aliphatic heterocycles. The summed E-state index contributed by atoms with van der Waals surface area (Å²) in [6.45, 7) is 0. The molecule has 96 valence electrons. The van der Waals surface area contributed by atoms with Crippen molar-refractivity contribution in [3.8, 4) is 0 Å². The first-order chi connectivity index (χ1) is 8.28. The average molecular weight is 451 g/mol. The van der Waals surface area contributed by atoms with Crippen molar-refractivity contribution in [2.75, 3.05) is 0 Å². The van der Waals surface area contributed by atoms with Crippen LogP contribution in [0.2, 0.25) is 10.0 Å². The zero-order chi connectivity index (χ0) is 13.4. The van der Waals surface area contributed by atoms with Gasteiger partial charge in [0, 0.05) is 0 Å². The van der Waals surface area contributed by atoms with Crippen LogP contribution in [-0.2, 0) is 0 Å². The Balaban J connectivity index is 2.56. The summed E-state index contributed by atoms with van der Waals surface area (Å²) in [5.74, 6) is 0. The van der Waals surface area contributed by atoms with Crippen LogP contribution in [-0.4, -0.2) is 14.0 Å². The third-order valence-corrected chi connectivity index (χ3v) is 17.4. The standard InChI is InChI=1S/2C6H4Cl.3ClH.Sb/c2*7-6-4-2-1-3-5-6;;;;/h2*2-5H;3*1H;/q;;;;;+3/p-3. The Labute approximate surface area is 128 Å². The van der Waals surface area contributed by atoms with Gasteiger partial charge in [0.25, 0.3) is 0 Å². The summed E-state index contributed by atoms with van der Waals surface area (Å²) in [6.07, 6.45) is 0. The molecule has 2 rings (SSSR count). The fourth-order valence-electron chi connectivity index (χ4n) is 1.52. The summed E-state index contributed by atoms with van der Waals surface area (Å²) < 4.78 is 1.44. The molecule has 0 amide bonds. The van der Waals surface area contributed by atoms with Gasteiger partial charge in [0.05, 0.1) is 0 Å². The molecular formula is C12H8Cl5Sb. The summed E-state index contributed by atoms with van der Waals surface area (Å²) in [5, 5.41) is 1.23. The fourth-order valence-corrected chi connectivity index (χ4v) is 10.8. The van der Waals surface area contributed by atoms with Gasteiger partial charge in [0.2, 0.25) is 0 Å². The van der Waals surface area contributed by atoms with Gasteiger partial charge < -0.3 is 0 Å². The molecule has 0 saturated heterocycles. The first-order valence-corrected chi connectivity index (χ1v) is 18.0. The van der Waals surface area contributed by atoms with E-state index in [2.05, 4.69) is 0 Å². The molecule has 0 aromatic heterocycles. The number of hydrogen-bond donors (Lipinski definition) is 0. The predicted molar refractivity (Wildman–Crippen MR) is 85.5 cm³/mol. The Kier molecular flexibility index (Phi) is 4.40. The van der Waals surface area contributed by atoms with E-state index in [0.717, 1.165) is 7.02 Å². The van der Waals surface area contributed by atoms with Crippen LogP contribution >= 0.6 is 49.7 Å². The van der Waals surface area contributed by atoms with Gasteiger partial charge in [0.15, 0.2) is 0 Å². The van der Waals surface area contributed by atoms with Crippen molar-refractivity contribution < 1.29 is 0 Å². The Morgan fingerprint density at radius 1 is 0.556 bits per heavy atom. The predicted octanol–water partition coefficient (Wildman–Crippen LogP) is 4.72. The average Bonchev–Trinajstić information content (AvgIpc) is 2.29. The van der Waals surface area contributed by atoms with Crippen LogP contribution in [0.15, 0.2) is 48.5 Å². The minimum atomic E-state index is -4.56. The first-order valence-electron chi connectivity index (χ1n) is 4.98. The van der Waals surface area contributed by atoms with Crippen LogP contribution in [0.4, 0.5) is 0 Å². The summed E-state index contributed by atoms with van der Waals surface area (Å²) >= 11 is 7.14. The third kappa shape index (κ3) is 3.06. The van der Waals surface area contributed by atoms with Crippen LogP contribution in [0, 0.1) is 0 Å². The summed E-state index contributed by atoms with van der Waals surface area (Å²) in [4.78, 5) is 0. The van der Waals surface area contributed by atoms with E-state index in [1.165, 1.54) is 0 Å². The summed E-state index contributed by atoms with van der Waals surface area (Å²) in [7, 11) is 19.8. The van der Waals surface area contributed by atoms with E-state index >= 15 is 0 Å². The van der Waals surface area contributed by atoms with Crippen molar-refractivity contribution in [2.45, 2.75) is 0 Å². The van der Waals surface area contributed by atoms with E-state index in [0.29, 0.717) is 10.0 Å². The van der Waals surface area contributed by atoms with Crippen LogP contribution in [0.3, 0.4) is 0 Å². The van der Waals surface area contributed by atoms with Gasteiger partial charge in [-0.2, -0.15) is 0 Å². The fraction of sp³-hybridized carbons (Fsp3) is 0. The monoisotopic (exact) mass is 448 g/mol. The van der Waals surface area contributed by atoms with Crippen LogP contribution in [0.1, 0.15) is 0 Å². The van der Waals surface area contributed by atoms with E-state index in [1.807, 2.05) is 0 Å². The summed E-state index contributed by atoms with van der Waals surface area (Å²) in [5.41, 5.74) is 0. The van der Waals surface area contributed by atoms with Gasteiger partial charge in [-0.25, -0.2) is 0 Å². The molecule has 6 heteroatoms. The van der Waals surface area contributed by atoms with E-state index in [-0.39, 0.29) is 0 Å². The minimum absolute atomic E-state index is 0.615. The molecule has 0 bridgehead atoms. The van der Waals surface area contributed by atoms with Gasteiger partial charge in [-0.3, -0.25) is 0 Å². The second-order valence-corrected chi connectivity index (χ2v) is 29.3. The molecule has 0 heterocycles. The Morgan fingerprint density at radius 3 is 1.11 bits per heavy atom. The van der Waals surface area contributed by atoms with Crippen LogP contribution in [0.25, 0.3) is 0 Å². The molecule has 0 aliphatic rings. The van der Waals surface area contributed by atoms with Gasteiger partial charge in [-0.15, -0.1) is 0 Å². The molecule has 2 aromatic carbocycles. The molecule has 0 fully saturated rings. The van der Waals surface area contributed by atoms with Crippen molar-refractivity contribution in [3.63, 3.8) is 0 Å². The maximum atomic E-state index is 6.59. The van der Waals surface area contributed by atoms with Crippen molar-refractivity contribution in [3.05, 3.63) is 58.6 Å². The molecule has 0 atom stereocenters. The number of rotatable bonds is 2. The maximum absolute atomic E-state index is 6.59. The van der Waals surface area contributed by atoms with Crippen molar-refractivity contribution in [1.82, 2.24) is 0 Å². The van der Waals surface area contributed by atoms with Gasteiger partial charge in [-0.05, 0) is 0 Å². The normalized spacial score (nSPS) is 13.9. The van der Waals surface area contributed by atoms with E-state index in [4.69, 9.17) is 49.7 Å². The molecule has 0 spiro atoms. The molecule has 0 aliphatic carbocycles. The van der Waals surface area contributed by atoms with Crippen molar-refractivity contribution in [1.29, 1.82) is 0 Å². The molecule has 0 saturated carbocycles. The topological polar surface area (TPSA) is 0 Å². The Morgan fingerprint density at radius 2 is 0.833 bits per heavy atom. The van der Waals surface area contributed by atoms with Crippen LogP contribution in [0.5, 0.6) is 0 Å². The number of halogens is 5.